The number of amides is 1. The summed E-state index contributed by atoms with van der Waals surface area (Å²) in [6.45, 7) is 4.17. The lowest BCUT2D eigenvalue weighted by atomic mass is 9.76. The van der Waals surface area contributed by atoms with Gasteiger partial charge in [0.1, 0.15) is 11.5 Å². The molecule has 8 nitrogen and oxygen atoms in total. The Bertz CT molecular complexity index is 1960. The minimum Gasteiger partial charge on any atom is -0.480 e. The van der Waals surface area contributed by atoms with Gasteiger partial charge in [-0.2, -0.15) is 13.2 Å². The van der Waals surface area contributed by atoms with E-state index >= 15 is 0 Å². The smallest absolute Gasteiger partial charge is 0.403 e. The number of nitrogens with zero attached hydrogens (tertiary/aromatic N) is 3. The van der Waals surface area contributed by atoms with Crippen molar-refractivity contribution < 1.29 is 32.6 Å². The van der Waals surface area contributed by atoms with Gasteiger partial charge in [-0.15, -0.1) is 0 Å². The van der Waals surface area contributed by atoms with Crippen LogP contribution in [0.4, 0.5) is 13.2 Å². The molecule has 1 atom stereocenters. The van der Waals surface area contributed by atoms with Crippen molar-refractivity contribution in [2.75, 3.05) is 39.4 Å². The molecule has 3 aromatic carbocycles. The van der Waals surface area contributed by atoms with Gasteiger partial charge in [-0.3, -0.25) is 19.6 Å². The minimum absolute atomic E-state index is 0.0582. The molecule has 0 unspecified atom stereocenters. The van der Waals surface area contributed by atoms with E-state index in [1.807, 2.05) is 53.6 Å². The Kier molecular flexibility index (Phi) is 8.79. The number of aliphatic carboxylic acids is 1. The number of fused-ring (bicyclic) bond motifs is 2. The monoisotopic (exact) mass is 700 g/mol. The molecule has 4 heterocycles. The normalized spacial score (nSPS) is 21.4. The summed E-state index contributed by atoms with van der Waals surface area (Å²) in [5, 5.41) is 16.3. The van der Waals surface area contributed by atoms with Crippen LogP contribution in [0, 0.1) is 10.8 Å². The highest BCUT2D eigenvalue weighted by Gasteiger charge is 2.61. The number of carbonyl (C=O) groups excluding carboxylic acids is 1. The first-order valence-electron chi connectivity index (χ1n) is 18.1. The lowest BCUT2D eigenvalue weighted by molar-refractivity contribution is -0.236. The van der Waals surface area contributed by atoms with Crippen LogP contribution in [0.1, 0.15) is 49.7 Å². The number of hydrogen-bond donors (Lipinski definition) is 2. The van der Waals surface area contributed by atoms with Gasteiger partial charge in [-0.1, -0.05) is 60.7 Å². The number of aromatic nitrogens is 1. The van der Waals surface area contributed by atoms with Crippen LogP contribution in [-0.2, 0) is 27.3 Å². The number of alkyl halides is 3. The zero-order valence-corrected chi connectivity index (χ0v) is 28.6. The van der Waals surface area contributed by atoms with E-state index < -0.39 is 42.4 Å². The molecular weight excluding hydrogens is 657 g/mol. The van der Waals surface area contributed by atoms with Crippen molar-refractivity contribution in [1.82, 2.24) is 20.1 Å². The number of benzene rings is 3. The number of piperidine rings is 2. The topological polar surface area (TPSA) is 95.0 Å². The van der Waals surface area contributed by atoms with E-state index in [4.69, 9.17) is 9.72 Å². The average molecular weight is 701 g/mol. The number of nitrogens with one attached hydrogen (secondary N) is 1. The summed E-state index contributed by atoms with van der Waals surface area (Å²) in [7, 11) is 0. The van der Waals surface area contributed by atoms with Gasteiger partial charge < -0.3 is 15.2 Å². The number of halogens is 3. The first-order valence-corrected chi connectivity index (χ1v) is 18.1. The standard InChI is InChI=1S/C40H43F3N4O4/c41-40(42,43)39(15-19-47(20-16-39)28-24-51-25-28)37(50)45-34(36(48)49)21-26-5-3-9-31-29(26)8-4-10-33(31)35-32-7-2-1-6-30(32)27(22-44-35)23-46-17-13-38(11-12-38)14-18-46/h1-10,22,28,34H,11-21,23-25H2,(H,45,50)(H,48,49)/t34-/m0/s1. The lowest BCUT2D eigenvalue weighted by Gasteiger charge is -2.46. The predicted octanol–water partition coefficient (Wildman–Crippen LogP) is 6.59. The van der Waals surface area contributed by atoms with Gasteiger partial charge in [0.15, 0.2) is 0 Å². The van der Waals surface area contributed by atoms with Crippen LogP contribution in [0.15, 0.2) is 66.9 Å². The van der Waals surface area contributed by atoms with Crippen LogP contribution in [0.3, 0.4) is 0 Å². The fraction of sp³-hybridized carbons (Fsp3) is 0.475. The molecule has 8 rings (SSSR count). The number of ether oxygens (including phenoxy) is 1. The minimum atomic E-state index is -4.82. The maximum atomic E-state index is 14.6. The Morgan fingerprint density at radius 2 is 1.49 bits per heavy atom. The third-order valence-electron chi connectivity index (χ3n) is 12.2. The van der Waals surface area contributed by atoms with Crippen LogP contribution >= 0.6 is 0 Å². The van der Waals surface area contributed by atoms with E-state index in [9.17, 15) is 27.9 Å². The Morgan fingerprint density at radius 3 is 2.14 bits per heavy atom. The quantitative estimate of drug-likeness (QED) is 0.204. The highest BCUT2D eigenvalue weighted by atomic mass is 19.4. The zero-order chi connectivity index (χ0) is 35.4. The van der Waals surface area contributed by atoms with Crippen molar-refractivity contribution in [3.63, 3.8) is 0 Å². The molecule has 1 aliphatic carbocycles. The van der Waals surface area contributed by atoms with Gasteiger partial charge in [0.25, 0.3) is 0 Å². The molecule has 1 amide bonds. The summed E-state index contributed by atoms with van der Waals surface area (Å²) in [6.07, 6.45) is 1.38. The summed E-state index contributed by atoms with van der Waals surface area (Å²) < 4.78 is 49.0. The van der Waals surface area contributed by atoms with Crippen molar-refractivity contribution in [3.8, 4) is 11.3 Å². The van der Waals surface area contributed by atoms with Crippen molar-refractivity contribution in [3.05, 3.63) is 78.0 Å². The van der Waals surface area contributed by atoms with Gasteiger partial charge in [-0.25, -0.2) is 4.79 Å². The molecule has 4 aromatic rings. The van der Waals surface area contributed by atoms with Gasteiger partial charge in [0, 0.05) is 30.1 Å². The van der Waals surface area contributed by atoms with Crippen molar-refractivity contribution in [2.24, 2.45) is 10.8 Å². The molecule has 51 heavy (non-hydrogen) atoms. The van der Waals surface area contributed by atoms with Gasteiger partial charge >= 0.3 is 12.1 Å². The van der Waals surface area contributed by atoms with E-state index in [1.165, 1.54) is 31.2 Å². The molecule has 3 aliphatic heterocycles. The third kappa shape index (κ3) is 6.38. The van der Waals surface area contributed by atoms with E-state index in [0.717, 1.165) is 52.4 Å². The van der Waals surface area contributed by atoms with E-state index in [0.29, 0.717) is 24.2 Å². The Labute approximate surface area is 295 Å². The highest BCUT2D eigenvalue weighted by molar-refractivity contribution is 6.05. The van der Waals surface area contributed by atoms with Gasteiger partial charge in [0.05, 0.1) is 24.9 Å². The van der Waals surface area contributed by atoms with Crippen LogP contribution in [0.2, 0.25) is 0 Å². The molecule has 4 fully saturated rings. The van der Waals surface area contributed by atoms with Crippen molar-refractivity contribution in [1.29, 1.82) is 0 Å². The first-order chi connectivity index (χ1) is 24.6. The number of likely N-dealkylation sites (tertiary alicyclic amines) is 2. The number of carbonyl (C=O) groups is 2. The summed E-state index contributed by atoms with van der Waals surface area (Å²) >= 11 is 0. The molecule has 1 spiro atoms. The van der Waals surface area contributed by atoms with Crippen molar-refractivity contribution >= 4 is 33.4 Å². The number of rotatable bonds is 9. The second kappa shape index (κ2) is 13.2. The fourth-order valence-electron chi connectivity index (χ4n) is 8.52. The molecule has 0 radical (unpaired) electrons. The molecule has 3 saturated heterocycles. The van der Waals surface area contributed by atoms with Crippen LogP contribution in [-0.4, -0.2) is 89.4 Å². The van der Waals surface area contributed by atoms with Gasteiger partial charge in [0.2, 0.25) is 5.91 Å². The molecule has 2 N–H and O–H groups in total. The summed E-state index contributed by atoms with van der Waals surface area (Å²) in [5.41, 5.74) is 1.44. The summed E-state index contributed by atoms with van der Waals surface area (Å²) in [6, 6.07) is 18.1. The second-order valence-corrected chi connectivity index (χ2v) is 15.1. The van der Waals surface area contributed by atoms with Crippen molar-refractivity contribution in [2.45, 2.75) is 69.8 Å². The van der Waals surface area contributed by atoms with E-state index in [2.05, 4.69) is 22.3 Å². The molecule has 1 aromatic heterocycles. The predicted molar refractivity (Wildman–Crippen MR) is 188 cm³/mol. The van der Waals surface area contributed by atoms with Crippen LogP contribution in [0.5, 0.6) is 0 Å². The maximum Gasteiger partial charge on any atom is 0.403 e. The third-order valence-corrected chi connectivity index (χ3v) is 12.2. The molecule has 11 heteroatoms. The highest BCUT2D eigenvalue weighted by Crippen LogP contribution is 2.53. The largest absolute Gasteiger partial charge is 0.480 e. The molecule has 268 valence electrons. The fourth-order valence-corrected chi connectivity index (χ4v) is 8.52. The van der Waals surface area contributed by atoms with E-state index in [1.54, 1.807) is 6.07 Å². The molecule has 1 saturated carbocycles. The van der Waals surface area contributed by atoms with Crippen LogP contribution in [0.25, 0.3) is 32.8 Å². The second-order valence-electron chi connectivity index (χ2n) is 15.1. The maximum absolute atomic E-state index is 14.6. The Balaban J connectivity index is 1.06. The first kappa shape index (κ1) is 34.0. The zero-order valence-electron chi connectivity index (χ0n) is 28.6. The summed E-state index contributed by atoms with van der Waals surface area (Å²) in [4.78, 5) is 35.5. The Hall–Kier alpha value is -4.06. The number of hydrogen-bond acceptors (Lipinski definition) is 6. The average Bonchev–Trinajstić information content (AvgIpc) is 3.86. The molecule has 4 aliphatic rings. The van der Waals surface area contributed by atoms with Crippen LogP contribution < -0.4 is 5.32 Å². The Morgan fingerprint density at radius 1 is 0.843 bits per heavy atom. The summed E-state index contributed by atoms with van der Waals surface area (Å²) in [5.74, 6) is -2.66. The number of pyridine rings is 1. The SMILES string of the molecule is O=C(O)[C@H](Cc1cccc2c(-c3ncc(CN4CCC5(CC4)CC5)c4ccccc34)cccc12)NC(=O)C1(C(F)(F)F)CCN(C2COC2)CC1. The molecule has 0 bridgehead atoms. The number of carboxylic acid groups (broad SMARTS) is 1. The lowest BCUT2D eigenvalue weighted by Crippen LogP contribution is -2.61. The van der Waals surface area contributed by atoms with Gasteiger partial charge in [-0.05, 0) is 97.4 Å². The molecular formula is C40H43F3N4O4. The number of carboxylic acids is 1. The van der Waals surface area contributed by atoms with E-state index in [-0.39, 0.29) is 25.6 Å².